The Bertz CT molecular complexity index is 554. The van der Waals surface area contributed by atoms with Crippen LogP contribution in [0.3, 0.4) is 0 Å². The lowest BCUT2D eigenvalue weighted by molar-refractivity contribution is 0.255. The summed E-state index contributed by atoms with van der Waals surface area (Å²) in [5.41, 5.74) is 4.17. The third-order valence-corrected chi connectivity index (χ3v) is 4.55. The minimum absolute atomic E-state index is 1.15. The summed E-state index contributed by atoms with van der Waals surface area (Å²) in [6.07, 6.45) is 2.45. The van der Waals surface area contributed by atoms with Crippen molar-refractivity contribution in [2.24, 2.45) is 0 Å². The minimum atomic E-state index is 1.15. The van der Waals surface area contributed by atoms with E-state index in [2.05, 4.69) is 71.3 Å². The van der Waals surface area contributed by atoms with Crippen molar-refractivity contribution >= 4 is 5.69 Å². The highest BCUT2D eigenvalue weighted by Gasteiger charge is 2.16. The zero-order chi connectivity index (χ0) is 15.2. The minimum Gasteiger partial charge on any atom is -0.369 e. The maximum atomic E-state index is 2.60. The van der Waals surface area contributed by atoms with Crippen LogP contribution >= 0.6 is 0 Å². The summed E-state index contributed by atoms with van der Waals surface area (Å²) in [6.45, 7) is 8.03. The number of rotatable bonds is 5. The van der Waals surface area contributed by atoms with Gasteiger partial charge in [-0.3, -0.25) is 4.90 Å². The number of hydrogen-bond acceptors (Lipinski definition) is 2. The molecule has 1 heterocycles. The van der Waals surface area contributed by atoms with Gasteiger partial charge in [-0.2, -0.15) is 0 Å². The van der Waals surface area contributed by atoms with E-state index in [1.165, 1.54) is 49.3 Å². The third kappa shape index (κ3) is 4.11. The van der Waals surface area contributed by atoms with Crippen molar-refractivity contribution in [3.05, 3.63) is 65.7 Å². The predicted octanol–water partition coefficient (Wildman–Crippen LogP) is 3.75. The molecular formula is C20H26N2. The van der Waals surface area contributed by atoms with Crippen LogP contribution in [0, 0.1) is 6.92 Å². The van der Waals surface area contributed by atoms with Crippen LogP contribution in [-0.4, -0.2) is 37.6 Å². The average molecular weight is 294 g/mol. The normalized spacial score (nSPS) is 16.0. The molecule has 0 aliphatic carbocycles. The van der Waals surface area contributed by atoms with Crippen LogP contribution in [0.5, 0.6) is 0 Å². The maximum absolute atomic E-state index is 2.60. The first-order valence-electron chi connectivity index (χ1n) is 8.39. The lowest BCUT2D eigenvalue weighted by Gasteiger charge is -2.36. The van der Waals surface area contributed by atoms with Gasteiger partial charge in [0, 0.05) is 31.9 Å². The average Bonchev–Trinajstić information content (AvgIpc) is 2.57. The van der Waals surface area contributed by atoms with E-state index in [4.69, 9.17) is 0 Å². The van der Waals surface area contributed by atoms with Crippen molar-refractivity contribution in [1.82, 2.24) is 4.90 Å². The largest absolute Gasteiger partial charge is 0.369 e. The van der Waals surface area contributed by atoms with E-state index in [1.54, 1.807) is 0 Å². The summed E-state index contributed by atoms with van der Waals surface area (Å²) in [7, 11) is 0. The second-order valence-corrected chi connectivity index (χ2v) is 6.25. The monoisotopic (exact) mass is 294 g/mol. The fraction of sp³-hybridized carbons (Fsp3) is 0.400. The van der Waals surface area contributed by atoms with Crippen LogP contribution in [-0.2, 0) is 6.42 Å². The fourth-order valence-electron chi connectivity index (χ4n) is 3.14. The fourth-order valence-corrected chi connectivity index (χ4v) is 3.14. The van der Waals surface area contributed by atoms with E-state index in [1.807, 2.05) is 0 Å². The van der Waals surface area contributed by atoms with Gasteiger partial charge in [0.1, 0.15) is 0 Å². The highest BCUT2D eigenvalue weighted by molar-refractivity contribution is 5.47. The summed E-state index contributed by atoms with van der Waals surface area (Å²) in [5.74, 6) is 0. The molecule has 1 saturated heterocycles. The Morgan fingerprint density at radius 2 is 1.50 bits per heavy atom. The van der Waals surface area contributed by atoms with E-state index in [9.17, 15) is 0 Å². The van der Waals surface area contributed by atoms with Crippen LogP contribution in [0.4, 0.5) is 5.69 Å². The molecule has 2 heteroatoms. The number of hydrogen-bond donors (Lipinski definition) is 0. The Morgan fingerprint density at radius 3 is 2.18 bits per heavy atom. The van der Waals surface area contributed by atoms with Crippen molar-refractivity contribution in [3.8, 4) is 0 Å². The van der Waals surface area contributed by atoms with Crippen LogP contribution < -0.4 is 4.90 Å². The third-order valence-electron chi connectivity index (χ3n) is 4.55. The van der Waals surface area contributed by atoms with E-state index in [-0.39, 0.29) is 0 Å². The molecule has 0 unspecified atom stereocenters. The highest BCUT2D eigenvalue weighted by Crippen LogP contribution is 2.17. The first-order chi connectivity index (χ1) is 10.8. The van der Waals surface area contributed by atoms with E-state index in [0.717, 1.165) is 13.1 Å². The van der Waals surface area contributed by atoms with Gasteiger partial charge in [0.25, 0.3) is 0 Å². The molecule has 1 fully saturated rings. The second kappa shape index (κ2) is 7.46. The van der Waals surface area contributed by atoms with E-state index >= 15 is 0 Å². The smallest absolute Gasteiger partial charge is 0.0367 e. The van der Waals surface area contributed by atoms with Crippen LogP contribution in [0.25, 0.3) is 0 Å². The molecular weight excluding hydrogens is 268 g/mol. The summed E-state index contributed by atoms with van der Waals surface area (Å²) < 4.78 is 0. The summed E-state index contributed by atoms with van der Waals surface area (Å²) in [6, 6.07) is 19.7. The standard InChI is InChI=1S/C20H26N2/c1-18-9-11-20(12-10-18)22-16-14-21(15-17-22)13-5-8-19-6-3-2-4-7-19/h2-4,6-7,9-12H,5,8,13-17H2,1H3. The van der Waals surface area contributed by atoms with Gasteiger partial charge in [-0.15, -0.1) is 0 Å². The van der Waals surface area contributed by atoms with Gasteiger partial charge < -0.3 is 4.90 Å². The topological polar surface area (TPSA) is 6.48 Å². The first-order valence-corrected chi connectivity index (χ1v) is 8.39. The zero-order valence-electron chi connectivity index (χ0n) is 13.5. The second-order valence-electron chi connectivity index (χ2n) is 6.25. The van der Waals surface area contributed by atoms with Crippen molar-refractivity contribution in [2.45, 2.75) is 19.8 Å². The Kier molecular flexibility index (Phi) is 5.12. The van der Waals surface area contributed by atoms with E-state index in [0.29, 0.717) is 0 Å². The Hall–Kier alpha value is -1.80. The molecule has 1 aliphatic rings. The van der Waals surface area contributed by atoms with Crippen LogP contribution in [0.1, 0.15) is 17.5 Å². The number of piperazine rings is 1. The number of nitrogens with zero attached hydrogens (tertiary/aromatic N) is 2. The Morgan fingerprint density at radius 1 is 0.818 bits per heavy atom. The quantitative estimate of drug-likeness (QED) is 0.828. The van der Waals surface area contributed by atoms with Gasteiger partial charge in [-0.25, -0.2) is 0 Å². The number of aryl methyl sites for hydroxylation is 2. The number of benzene rings is 2. The molecule has 0 atom stereocenters. The van der Waals surface area contributed by atoms with E-state index < -0.39 is 0 Å². The van der Waals surface area contributed by atoms with Crippen molar-refractivity contribution in [3.63, 3.8) is 0 Å². The molecule has 2 nitrogen and oxygen atoms in total. The van der Waals surface area contributed by atoms with Crippen molar-refractivity contribution in [1.29, 1.82) is 0 Å². The van der Waals surface area contributed by atoms with Gasteiger partial charge in [-0.05, 0) is 44.0 Å². The molecule has 0 saturated carbocycles. The Labute approximate surface area is 134 Å². The molecule has 116 valence electrons. The Balaban J connectivity index is 1.41. The van der Waals surface area contributed by atoms with Crippen LogP contribution in [0.15, 0.2) is 54.6 Å². The molecule has 0 spiro atoms. The molecule has 0 amide bonds. The zero-order valence-corrected chi connectivity index (χ0v) is 13.5. The van der Waals surface area contributed by atoms with Crippen molar-refractivity contribution in [2.75, 3.05) is 37.6 Å². The van der Waals surface area contributed by atoms with Crippen molar-refractivity contribution < 1.29 is 0 Å². The SMILES string of the molecule is Cc1ccc(N2CCN(CCCc3ccccc3)CC2)cc1. The summed E-state index contributed by atoms with van der Waals surface area (Å²) in [4.78, 5) is 5.11. The maximum Gasteiger partial charge on any atom is 0.0367 e. The first kappa shape index (κ1) is 15.1. The van der Waals surface area contributed by atoms with Gasteiger partial charge in [-0.1, -0.05) is 48.0 Å². The van der Waals surface area contributed by atoms with Gasteiger partial charge >= 0.3 is 0 Å². The molecule has 3 rings (SSSR count). The highest BCUT2D eigenvalue weighted by atomic mass is 15.3. The molecule has 1 aliphatic heterocycles. The van der Waals surface area contributed by atoms with Crippen LogP contribution in [0.2, 0.25) is 0 Å². The molecule has 0 bridgehead atoms. The van der Waals surface area contributed by atoms with Gasteiger partial charge in [0.15, 0.2) is 0 Å². The molecule has 22 heavy (non-hydrogen) atoms. The lowest BCUT2D eigenvalue weighted by Crippen LogP contribution is -2.46. The summed E-state index contributed by atoms with van der Waals surface area (Å²) in [5, 5.41) is 0. The molecule has 0 radical (unpaired) electrons. The molecule has 2 aromatic carbocycles. The molecule has 2 aromatic rings. The summed E-state index contributed by atoms with van der Waals surface area (Å²) >= 11 is 0. The number of anilines is 1. The molecule has 0 N–H and O–H groups in total. The molecule has 0 aromatic heterocycles. The lowest BCUT2D eigenvalue weighted by atomic mass is 10.1. The van der Waals surface area contributed by atoms with Gasteiger partial charge in [0.2, 0.25) is 0 Å². The predicted molar refractivity (Wildman–Crippen MR) is 94.6 cm³/mol. The van der Waals surface area contributed by atoms with Gasteiger partial charge in [0.05, 0.1) is 0 Å².